The van der Waals surface area contributed by atoms with Gasteiger partial charge < -0.3 is 9.88 Å². The van der Waals surface area contributed by atoms with E-state index in [9.17, 15) is 0 Å². The van der Waals surface area contributed by atoms with Crippen LogP contribution in [0.2, 0.25) is 0 Å². The maximum absolute atomic E-state index is 3.48. The van der Waals surface area contributed by atoms with Crippen LogP contribution in [0.4, 0.5) is 0 Å². The maximum Gasteiger partial charge on any atom is 0.0483 e. The van der Waals surface area contributed by atoms with Gasteiger partial charge in [0, 0.05) is 29.4 Å². The van der Waals surface area contributed by atoms with E-state index < -0.39 is 0 Å². The van der Waals surface area contributed by atoms with E-state index in [-0.39, 0.29) is 0 Å². The molecule has 1 heterocycles. The van der Waals surface area contributed by atoms with Gasteiger partial charge in [-0.3, -0.25) is 0 Å². The Morgan fingerprint density at radius 2 is 2.00 bits per heavy atom. The van der Waals surface area contributed by atoms with Gasteiger partial charge in [-0.05, 0) is 56.7 Å². The van der Waals surface area contributed by atoms with E-state index in [1.165, 1.54) is 47.9 Å². The van der Waals surface area contributed by atoms with Gasteiger partial charge in [0.05, 0.1) is 0 Å². The van der Waals surface area contributed by atoms with E-state index in [0.29, 0.717) is 0 Å². The van der Waals surface area contributed by atoms with Crippen molar-refractivity contribution in [1.82, 2.24) is 9.88 Å². The van der Waals surface area contributed by atoms with Crippen molar-refractivity contribution < 1.29 is 0 Å². The maximum atomic E-state index is 3.48. The number of aromatic nitrogens is 1. The highest BCUT2D eigenvalue weighted by atomic mass is 32.2. The minimum Gasteiger partial charge on any atom is -0.346 e. The molecule has 0 saturated heterocycles. The topological polar surface area (TPSA) is 17.0 Å². The molecule has 116 valence electrons. The van der Waals surface area contributed by atoms with Gasteiger partial charge in [0.15, 0.2) is 0 Å². The standard InChI is InChI=1S/C18H28N2S/c1-3-11-19-12-7-6-8-16-15-20(13-14-21-2)18-10-5-4-9-17(16)18/h4-5,9-10,15,19H,3,6-8,11-14H2,1-2H3. The number of para-hydroxylation sites is 1. The highest BCUT2D eigenvalue weighted by Crippen LogP contribution is 2.23. The lowest BCUT2D eigenvalue weighted by molar-refractivity contribution is 0.617. The summed E-state index contributed by atoms with van der Waals surface area (Å²) in [6, 6.07) is 8.83. The van der Waals surface area contributed by atoms with Gasteiger partial charge in [-0.25, -0.2) is 0 Å². The number of hydrogen-bond donors (Lipinski definition) is 1. The lowest BCUT2D eigenvalue weighted by Gasteiger charge is -2.03. The zero-order chi connectivity index (χ0) is 14.9. The van der Waals surface area contributed by atoms with Gasteiger partial charge in [-0.15, -0.1) is 0 Å². The van der Waals surface area contributed by atoms with Gasteiger partial charge >= 0.3 is 0 Å². The molecule has 3 heteroatoms. The first-order valence-corrected chi connectivity index (χ1v) is 9.52. The Morgan fingerprint density at radius 1 is 1.14 bits per heavy atom. The van der Waals surface area contributed by atoms with Gasteiger partial charge in [-0.1, -0.05) is 25.1 Å². The minimum absolute atomic E-state index is 1.11. The molecular formula is C18H28N2S. The Bertz CT molecular complexity index is 533. The number of hydrogen-bond acceptors (Lipinski definition) is 2. The molecule has 1 aromatic heterocycles. The van der Waals surface area contributed by atoms with Gasteiger partial charge in [0.1, 0.15) is 0 Å². The highest BCUT2D eigenvalue weighted by Gasteiger charge is 2.07. The largest absolute Gasteiger partial charge is 0.346 e. The van der Waals surface area contributed by atoms with Crippen LogP contribution in [0.5, 0.6) is 0 Å². The first-order chi connectivity index (χ1) is 10.4. The summed E-state index contributed by atoms with van der Waals surface area (Å²) < 4.78 is 2.43. The Hall–Kier alpha value is -0.930. The molecule has 0 aliphatic rings. The number of rotatable bonds is 10. The predicted molar refractivity (Wildman–Crippen MR) is 96.4 cm³/mol. The second-order valence-corrected chi connectivity index (χ2v) is 6.55. The van der Waals surface area contributed by atoms with Crippen LogP contribution in [-0.2, 0) is 13.0 Å². The smallest absolute Gasteiger partial charge is 0.0483 e. The third-order valence-corrected chi connectivity index (χ3v) is 4.47. The van der Waals surface area contributed by atoms with E-state index in [1.807, 2.05) is 11.8 Å². The van der Waals surface area contributed by atoms with E-state index >= 15 is 0 Å². The fourth-order valence-corrected chi connectivity index (χ4v) is 3.14. The molecule has 0 spiro atoms. The van der Waals surface area contributed by atoms with Crippen molar-refractivity contribution in [3.05, 3.63) is 36.0 Å². The van der Waals surface area contributed by atoms with Crippen molar-refractivity contribution in [2.45, 2.75) is 39.2 Å². The predicted octanol–water partition coefficient (Wildman–Crippen LogP) is 4.33. The second kappa shape index (κ2) is 9.16. The zero-order valence-electron chi connectivity index (χ0n) is 13.4. The molecule has 0 radical (unpaired) electrons. The fraction of sp³-hybridized carbons (Fsp3) is 0.556. The van der Waals surface area contributed by atoms with Crippen LogP contribution in [0.25, 0.3) is 10.9 Å². The number of aryl methyl sites for hydroxylation is 2. The van der Waals surface area contributed by atoms with E-state index in [4.69, 9.17) is 0 Å². The Balaban J connectivity index is 1.95. The third-order valence-electron chi connectivity index (χ3n) is 3.88. The molecule has 2 rings (SSSR count). The average molecular weight is 305 g/mol. The molecule has 0 aliphatic carbocycles. The van der Waals surface area contributed by atoms with Crippen LogP contribution in [0, 0.1) is 0 Å². The lowest BCUT2D eigenvalue weighted by Crippen LogP contribution is -2.15. The lowest BCUT2D eigenvalue weighted by atomic mass is 10.1. The highest BCUT2D eigenvalue weighted by molar-refractivity contribution is 7.98. The molecule has 1 N–H and O–H groups in total. The Morgan fingerprint density at radius 3 is 2.81 bits per heavy atom. The summed E-state index contributed by atoms with van der Waals surface area (Å²) in [5.41, 5.74) is 2.91. The Kier molecular flexibility index (Phi) is 7.17. The molecular weight excluding hydrogens is 276 g/mol. The molecule has 1 aromatic carbocycles. The quantitative estimate of drug-likeness (QED) is 0.658. The average Bonchev–Trinajstić information content (AvgIpc) is 2.87. The van der Waals surface area contributed by atoms with Crippen LogP contribution in [0.15, 0.2) is 30.5 Å². The van der Waals surface area contributed by atoms with E-state index in [0.717, 1.165) is 19.6 Å². The summed E-state index contributed by atoms with van der Waals surface area (Å²) in [5.74, 6) is 1.18. The zero-order valence-corrected chi connectivity index (χ0v) is 14.2. The van der Waals surface area contributed by atoms with Crippen LogP contribution >= 0.6 is 11.8 Å². The number of benzene rings is 1. The molecule has 0 atom stereocenters. The van der Waals surface area contributed by atoms with Crippen molar-refractivity contribution >= 4 is 22.7 Å². The molecule has 2 aromatic rings. The number of thioether (sulfide) groups is 1. The first-order valence-electron chi connectivity index (χ1n) is 8.13. The van der Waals surface area contributed by atoms with Crippen molar-refractivity contribution in [1.29, 1.82) is 0 Å². The summed E-state index contributed by atoms with van der Waals surface area (Å²) in [5, 5.41) is 4.93. The number of fused-ring (bicyclic) bond motifs is 1. The monoisotopic (exact) mass is 304 g/mol. The number of nitrogens with zero attached hydrogens (tertiary/aromatic N) is 1. The van der Waals surface area contributed by atoms with Gasteiger partial charge in [-0.2, -0.15) is 11.8 Å². The second-order valence-electron chi connectivity index (χ2n) is 5.56. The summed E-state index contributed by atoms with van der Waals surface area (Å²) in [4.78, 5) is 0. The summed E-state index contributed by atoms with van der Waals surface area (Å²) in [6.07, 6.45) is 9.51. The molecule has 0 aliphatic heterocycles. The molecule has 0 amide bonds. The normalized spacial score (nSPS) is 11.3. The molecule has 0 unspecified atom stereocenters. The van der Waals surface area contributed by atoms with Crippen molar-refractivity contribution in [3.63, 3.8) is 0 Å². The van der Waals surface area contributed by atoms with Crippen LogP contribution in [-0.4, -0.2) is 29.7 Å². The fourth-order valence-electron chi connectivity index (χ4n) is 2.76. The van der Waals surface area contributed by atoms with Crippen molar-refractivity contribution in [2.24, 2.45) is 0 Å². The van der Waals surface area contributed by atoms with Crippen molar-refractivity contribution in [2.75, 3.05) is 25.1 Å². The SMILES string of the molecule is CCCNCCCCc1cn(CCSC)c2ccccc12. The van der Waals surface area contributed by atoms with Gasteiger partial charge in [0.25, 0.3) is 0 Å². The Labute approximate surface area is 133 Å². The summed E-state index contributed by atoms with van der Waals surface area (Å²) >= 11 is 1.91. The number of nitrogens with one attached hydrogen (secondary N) is 1. The van der Waals surface area contributed by atoms with E-state index in [1.54, 1.807) is 0 Å². The summed E-state index contributed by atoms with van der Waals surface area (Å²) in [6.45, 7) is 5.63. The molecule has 2 nitrogen and oxygen atoms in total. The third kappa shape index (κ3) is 4.79. The first kappa shape index (κ1) is 16.4. The van der Waals surface area contributed by atoms with Crippen LogP contribution in [0.1, 0.15) is 31.7 Å². The minimum atomic E-state index is 1.11. The molecule has 21 heavy (non-hydrogen) atoms. The molecule has 0 saturated carbocycles. The van der Waals surface area contributed by atoms with E-state index in [2.05, 4.69) is 53.5 Å². The van der Waals surface area contributed by atoms with Crippen LogP contribution < -0.4 is 5.32 Å². The number of unbranched alkanes of at least 4 members (excludes halogenated alkanes) is 1. The summed E-state index contributed by atoms with van der Waals surface area (Å²) in [7, 11) is 0. The van der Waals surface area contributed by atoms with Crippen LogP contribution in [0.3, 0.4) is 0 Å². The molecule has 0 bridgehead atoms. The van der Waals surface area contributed by atoms with Gasteiger partial charge in [0.2, 0.25) is 0 Å². The molecule has 0 fully saturated rings. The van der Waals surface area contributed by atoms with Crippen molar-refractivity contribution in [3.8, 4) is 0 Å².